The monoisotopic (exact) mass is 442 g/mol. The van der Waals surface area contributed by atoms with Gasteiger partial charge in [-0.05, 0) is 35.9 Å². The van der Waals surface area contributed by atoms with E-state index in [2.05, 4.69) is 0 Å². The molecule has 0 atom stereocenters. The average molecular weight is 443 g/mol. The third-order valence-corrected chi connectivity index (χ3v) is 6.94. The third-order valence-electron chi connectivity index (χ3n) is 4.46. The maximum atomic E-state index is 12.8. The van der Waals surface area contributed by atoms with Crippen molar-refractivity contribution in [3.8, 4) is 0 Å². The van der Waals surface area contributed by atoms with Gasteiger partial charge in [0.15, 0.2) is 0 Å². The average Bonchev–Trinajstić information content (AvgIpc) is 2.70. The number of sulfonamides is 1. The second-order valence-corrected chi connectivity index (χ2v) is 9.22. The smallest absolute Gasteiger partial charge is 0.253 e. The largest absolute Gasteiger partial charge is 0.379 e. The predicted octanol–water partition coefficient (Wildman–Crippen LogP) is 3.29. The summed E-state index contributed by atoms with van der Waals surface area (Å²) in [7, 11) is -2.03. The minimum Gasteiger partial charge on any atom is -0.379 e. The van der Waals surface area contributed by atoms with Crippen LogP contribution in [-0.2, 0) is 21.3 Å². The van der Waals surface area contributed by atoms with E-state index in [-0.39, 0.29) is 17.3 Å². The first-order chi connectivity index (χ1) is 13.3. The first kappa shape index (κ1) is 21.1. The van der Waals surface area contributed by atoms with E-state index in [1.165, 1.54) is 21.3 Å². The molecule has 1 aliphatic rings. The summed E-state index contributed by atoms with van der Waals surface area (Å²) in [5.74, 6) is -0.301. The number of rotatable bonds is 5. The molecule has 3 rings (SSSR count). The first-order valence-corrected chi connectivity index (χ1v) is 10.9. The highest BCUT2D eigenvalue weighted by Crippen LogP contribution is 2.23. The van der Waals surface area contributed by atoms with Crippen LogP contribution >= 0.6 is 23.2 Å². The molecular formula is C19H20Cl2N2O4S. The van der Waals surface area contributed by atoms with Gasteiger partial charge in [0.25, 0.3) is 5.91 Å². The van der Waals surface area contributed by atoms with E-state index in [4.69, 9.17) is 27.9 Å². The molecule has 1 fully saturated rings. The SMILES string of the molecule is CN(Cc1ccc(Cl)cc1Cl)C(=O)c1cccc(S(=O)(=O)N2CCOCC2)c1. The summed E-state index contributed by atoms with van der Waals surface area (Å²) in [5.41, 5.74) is 1.04. The Kier molecular flexibility index (Phi) is 6.62. The lowest BCUT2D eigenvalue weighted by molar-refractivity contribution is 0.0730. The zero-order chi connectivity index (χ0) is 20.3. The molecule has 1 heterocycles. The molecule has 1 aliphatic heterocycles. The third kappa shape index (κ3) is 4.67. The van der Waals surface area contributed by atoms with Gasteiger partial charge in [-0.1, -0.05) is 35.3 Å². The fourth-order valence-corrected chi connectivity index (χ4v) is 4.85. The Morgan fingerprint density at radius 3 is 2.54 bits per heavy atom. The summed E-state index contributed by atoms with van der Waals surface area (Å²) in [6.07, 6.45) is 0. The maximum Gasteiger partial charge on any atom is 0.253 e. The first-order valence-electron chi connectivity index (χ1n) is 8.66. The van der Waals surface area contributed by atoms with Crippen LogP contribution in [-0.4, -0.2) is 56.9 Å². The summed E-state index contributed by atoms with van der Waals surface area (Å²) >= 11 is 12.1. The van der Waals surface area contributed by atoms with Gasteiger partial charge in [-0.15, -0.1) is 0 Å². The summed E-state index contributed by atoms with van der Waals surface area (Å²) in [6.45, 7) is 1.60. The molecule has 1 amide bonds. The normalized spacial score (nSPS) is 15.4. The number of hydrogen-bond acceptors (Lipinski definition) is 4. The van der Waals surface area contributed by atoms with Gasteiger partial charge < -0.3 is 9.64 Å². The fourth-order valence-electron chi connectivity index (χ4n) is 2.92. The lowest BCUT2D eigenvalue weighted by Crippen LogP contribution is -2.40. The Balaban J connectivity index is 1.79. The van der Waals surface area contributed by atoms with Crippen LogP contribution < -0.4 is 0 Å². The molecular weight excluding hydrogens is 423 g/mol. The van der Waals surface area contributed by atoms with Crippen LogP contribution in [0.3, 0.4) is 0 Å². The highest BCUT2D eigenvalue weighted by atomic mass is 35.5. The molecule has 0 radical (unpaired) electrons. The molecule has 6 nitrogen and oxygen atoms in total. The Bertz CT molecular complexity index is 976. The van der Waals surface area contributed by atoms with Crippen molar-refractivity contribution in [2.75, 3.05) is 33.4 Å². The van der Waals surface area contributed by atoms with Gasteiger partial charge in [-0.3, -0.25) is 4.79 Å². The van der Waals surface area contributed by atoms with Gasteiger partial charge in [-0.2, -0.15) is 4.31 Å². The Labute approximate surface area is 174 Å². The van der Waals surface area contributed by atoms with E-state index in [1.807, 2.05) is 0 Å². The summed E-state index contributed by atoms with van der Waals surface area (Å²) in [4.78, 5) is 14.4. The second-order valence-electron chi connectivity index (χ2n) is 6.44. The van der Waals surface area contributed by atoms with Crippen LogP contribution in [0.4, 0.5) is 0 Å². The van der Waals surface area contributed by atoms with Crippen LogP contribution in [0.1, 0.15) is 15.9 Å². The van der Waals surface area contributed by atoms with Crippen LogP contribution in [0.2, 0.25) is 10.0 Å². The van der Waals surface area contributed by atoms with Crippen molar-refractivity contribution in [3.63, 3.8) is 0 Å². The number of hydrogen-bond donors (Lipinski definition) is 0. The number of carbonyl (C=O) groups excluding carboxylic acids is 1. The van der Waals surface area contributed by atoms with Crippen LogP contribution in [0.15, 0.2) is 47.4 Å². The molecule has 0 unspecified atom stereocenters. The summed E-state index contributed by atoms with van der Waals surface area (Å²) < 4.78 is 32.2. The predicted molar refractivity (Wildman–Crippen MR) is 108 cm³/mol. The quantitative estimate of drug-likeness (QED) is 0.712. The van der Waals surface area contributed by atoms with E-state index < -0.39 is 10.0 Å². The molecule has 0 spiro atoms. The second kappa shape index (κ2) is 8.80. The molecule has 9 heteroatoms. The number of morpholine rings is 1. The summed E-state index contributed by atoms with van der Waals surface area (Å²) in [6, 6.07) is 11.2. The van der Waals surface area contributed by atoms with Crippen molar-refractivity contribution >= 4 is 39.1 Å². The highest BCUT2D eigenvalue weighted by Gasteiger charge is 2.27. The molecule has 2 aromatic rings. The van der Waals surface area contributed by atoms with Gasteiger partial charge in [0.05, 0.1) is 18.1 Å². The topological polar surface area (TPSA) is 66.9 Å². The molecule has 0 N–H and O–H groups in total. The zero-order valence-electron chi connectivity index (χ0n) is 15.3. The number of benzene rings is 2. The van der Waals surface area contributed by atoms with Gasteiger partial charge in [-0.25, -0.2) is 8.42 Å². The van der Waals surface area contributed by atoms with E-state index >= 15 is 0 Å². The van der Waals surface area contributed by atoms with Crippen LogP contribution in [0, 0.1) is 0 Å². The van der Waals surface area contributed by atoms with E-state index in [1.54, 1.807) is 37.4 Å². The maximum absolute atomic E-state index is 12.8. The molecule has 0 aliphatic carbocycles. The lowest BCUT2D eigenvalue weighted by Gasteiger charge is -2.26. The molecule has 2 aromatic carbocycles. The minimum atomic E-state index is -3.67. The highest BCUT2D eigenvalue weighted by molar-refractivity contribution is 7.89. The van der Waals surface area contributed by atoms with E-state index in [0.29, 0.717) is 41.9 Å². The Morgan fingerprint density at radius 2 is 1.86 bits per heavy atom. The number of amides is 1. The molecule has 0 aromatic heterocycles. The van der Waals surface area contributed by atoms with Gasteiger partial charge >= 0.3 is 0 Å². The Morgan fingerprint density at radius 1 is 1.14 bits per heavy atom. The van der Waals surface area contributed by atoms with Crippen molar-refractivity contribution in [1.82, 2.24) is 9.21 Å². The van der Waals surface area contributed by atoms with Gasteiger partial charge in [0.1, 0.15) is 0 Å². The standard InChI is InChI=1S/C19H20Cl2N2O4S/c1-22(13-15-5-6-16(20)12-18(15)21)19(24)14-3-2-4-17(11-14)28(25,26)23-7-9-27-10-8-23/h2-6,11-12H,7-10,13H2,1H3. The van der Waals surface area contributed by atoms with Crippen LogP contribution in [0.25, 0.3) is 0 Å². The number of nitrogens with zero attached hydrogens (tertiary/aromatic N) is 2. The van der Waals surface area contributed by atoms with Gasteiger partial charge in [0.2, 0.25) is 10.0 Å². The molecule has 28 heavy (non-hydrogen) atoms. The van der Waals surface area contributed by atoms with E-state index in [9.17, 15) is 13.2 Å². The molecule has 150 valence electrons. The van der Waals surface area contributed by atoms with Crippen molar-refractivity contribution in [2.45, 2.75) is 11.4 Å². The van der Waals surface area contributed by atoms with Crippen LogP contribution in [0.5, 0.6) is 0 Å². The molecule has 0 saturated carbocycles. The lowest BCUT2D eigenvalue weighted by atomic mass is 10.1. The number of halogens is 2. The molecule has 0 bridgehead atoms. The fraction of sp³-hybridized carbons (Fsp3) is 0.316. The van der Waals surface area contributed by atoms with Crippen molar-refractivity contribution in [3.05, 3.63) is 63.6 Å². The van der Waals surface area contributed by atoms with Gasteiger partial charge in [0, 0.05) is 42.3 Å². The minimum absolute atomic E-state index is 0.0955. The van der Waals surface area contributed by atoms with Crippen molar-refractivity contribution < 1.29 is 17.9 Å². The number of ether oxygens (including phenoxy) is 1. The Hall–Kier alpha value is -1.64. The van der Waals surface area contributed by atoms with Crippen molar-refractivity contribution in [2.24, 2.45) is 0 Å². The zero-order valence-corrected chi connectivity index (χ0v) is 17.6. The van der Waals surface area contributed by atoms with Crippen molar-refractivity contribution in [1.29, 1.82) is 0 Å². The number of carbonyl (C=O) groups is 1. The molecule has 1 saturated heterocycles. The van der Waals surface area contributed by atoms with E-state index in [0.717, 1.165) is 5.56 Å². The summed E-state index contributed by atoms with van der Waals surface area (Å²) in [5, 5.41) is 0.986.